The fourth-order valence-corrected chi connectivity index (χ4v) is 6.99. The van der Waals surface area contributed by atoms with Crippen molar-refractivity contribution in [2.24, 2.45) is 11.8 Å². The normalized spacial score (nSPS) is 21.5. The summed E-state index contributed by atoms with van der Waals surface area (Å²) in [6, 6.07) is 8.82. The van der Waals surface area contributed by atoms with E-state index in [0.29, 0.717) is 38.9 Å². The number of furan rings is 1. The number of hydrogen-bond donors (Lipinski definition) is 0. The number of rotatable bonds is 6. The first-order valence-corrected chi connectivity index (χ1v) is 13.9. The van der Waals surface area contributed by atoms with Gasteiger partial charge in [-0.2, -0.15) is 4.31 Å². The number of nitrogens with zero attached hydrogens (tertiary/aromatic N) is 3. The van der Waals surface area contributed by atoms with E-state index in [1.165, 1.54) is 4.31 Å². The van der Waals surface area contributed by atoms with Crippen LogP contribution in [-0.4, -0.2) is 55.6 Å². The quantitative estimate of drug-likeness (QED) is 0.608. The van der Waals surface area contributed by atoms with Crippen LogP contribution >= 0.6 is 0 Å². The highest BCUT2D eigenvalue weighted by Gasteiger charge is 2.38. The summed E-state index contributed by atoms with van der Waals surface area (Å²) in [4.78, 5) is 29.5. The number of piperidine rings is 1. The van der Waals surface area contributed by atoms with E-state index in [4.69, 9.17) is 4.42 Å². The number of benzene rings is 1. The number of carbonyl (C=O) groups is 2. The number of fused-ring (bicyclic) bond motifs is 1. The van der Waals surface area contributed by atoms with Gasteiger partial charge in [-0.15, -0.1) is 0 Å². The van der Waals surface area contributed by atoms with Crippen LogP contribution in [0.2, 0.25) is 0 Å². The highest BCUT2D eigenvalue weighted by molar-refractivity contribution is 7.89. The molecule has 0 N–H and O–H groups in total. The summed E-state index contributed by atoms with van der Waals surface area (Å²) in [5.74, 6) is 0.810. The molecule has 0 bridgehead atoms. The Morgan fingerprint density at radius 3 is 2.46 bits per heavy atom. The molecule has 3 heterocycles. The molecule has 8 nitrogen and oxygen atoms in total. The highest BCUT2D eigenvalue weighted by atomic mass is 32.2. The van der Waals surface area contributed by atoms with Gasteiger partial charge >= 0.3 is 0 Å². The number of sulfonamides is 1. The molecule has 9 heteroatoms. The first-order chi connectivity index (χ1) is 16.8. The van der Waals surface area contributed by atoms with Crippen molar-refractivity contribution in [3.8, 4) is 0 Å². The largest absolute Gasteiger partial charge is 0.467 e. The SMILES string of the molecule is CC1Cc2cc(S(=O)(=O)N3CCC(C(=O)N(C)Cc4ccco4)CC3)ccc2N1C(=O)C1CCC1. The third-order valence-electron chi connectivity index (χ3n) is 7.75. The van der Waals surface area contributed by atoms with Gasteiger partial charge in [0.1, 0.15) is 5.76 Å². The van der Waals surface area contributed by atoms with E-state index in [1.807, 2.05) is 17.9 Å². The average Bonchev–Trinajstić information content (AvgIpc) is 3.43. The molecule has 0 spiro atoms. The fraction of sp³-hybridized carbons (Fsp3) is 0.538. The molecule has 1 saturated carbocycles. The number of anilines is 1. The molecule has 1 atom stereocenters. The van der Waals surface area contributed by atoms with Gasteiger partial charge in [-0.1, -0.05) is 6.42 Å². The van der Waals surface area contributed by atoms with Crippen molar-refractivity contribution in [3.63, 3.8) is 0 Å². The third-order valence-corrected chi connectivity index (χ3v) is 9.64. The maximum atomic E-state index is 13.4. The number of hydrogen-bond acceptors (Lipinski definition) is 5. The molecule has 2 amide bonds. The molecule has 2 fully saturated rings. The molecule has 5 rings (SSSR count). The molecular formula is C26H33N3O5S. The minimum Gasteiger partial charge on any atom is -0.467 e. The predicted octanol–water partition coefficient (Wildman–Crippen LogP) is 3.42. The van der Waals surface area contributed by atoms with Crippen molar-refractivity contribution in [1.82, 2.24) is 9.21 Å². The van der Waals surface area contributed by atoms with Crippen molar-refractivity contribution < 1.29 is 22.4 Å². The smallest absolute Gasteiger partial charge is 0.243 e. The second-order valence-electron chi connectivity index (χ2n) is 10.1. The van der Waals surface area contributed by atoms with Crippen LogP contribution < -0.4 is 4.90 Å². The lowest BCUT2D eigenvalue weighted by atomic mass is 9.84. The van der Waals surface area contributed by atoms with E-state index in [2.05, 4.69) is 0 Å². The number of amides is 2. The van der Waals surface area contributed by atoms with Crippen LogP contribution in [0.15, 0.2) is 45.9 Å². The third kappa shape index (κ3) is 4.51. The lowest BCUT2D eigenvalue weighted by molar-refractivity contribution is -0.136. The lowest BCUT2D eigenvalue weighted by Gasteiger charge is -2.33. The molecule has 2 aromatic rings. The maximum Gasteiger partial charge on any atom is 0.243 e. The summed E-state index contributed by atoms with van der Waals surface area (Å²) in [5, 5.41) is 0. The minimum atomic E-state index is -3.67. The molecular weight excluding hydrogens is 466 g/mol. The molecule has 35 heavy (non-hydrogen) atoms. The average molecular weight is 500 g/mol. The molecule has 1 unspecified atom stereocenters. The summed E-state index contributed by atoms with van der Waals surface area (Å²) < 4.78 is 33.6. The Morgan fingerprint density at radius 1 is 1.09 bits per heavy atom. The predicted molar refractivity (Wildman–Crippen MR) is 131 cm³/mol. The maximum absolute atomic E-state index is 13.4. The zero-order chi connectivity index (χ0) is 24.7. The summed E-state index contributed by atoms with van der Waals surface area (Å²) in [7, 11) is -1.92. The Bertz CT molecular complexity index is 1200. The Balaban J connectivity index is 1.24. The van der Waals surface area contributed by atoms with Crippen LogP contribution in [0.5, 0.6) is 0 Å². The summed E-state index contributed by atoms with van der Waals surface area (Å²) >= 11 is 0. The van der Waals surface area contributed by atoms with E-state index in [0.717, 1.165) is 36.3 Å². The monoisotopic (exact) mass is 499 g/mol. The van der Waals surface area contributed by atoms with Crippen LogP contribution in [0.25, 0.3) is 0 Å². The van der Waals surface area contributed by atoms with Gasteiger partial charge in [0.05, 0.1) is 17.7 Å². The van der Waals surface area contributed by atoms with E-state index >= 15 is 0 Å². The summed E-state index contributed by atoms with van der Waals surface area (Å²) in [6.45, 7) is 3.05. The molecule has 2 aliphatic heterocycles. The van der Waals surface area contributed by atoms with Gasteiger partial charge in [0.15, 0.2) is 0 Å². The fourth-order valence-electron chi connectivity index (χ4n) is 5.47. The second kappa shape index (κ2) is 9.43. The summed E-state index contributed by atoms with van der Waals surface area (Å²) in [6.07, 6.45) is 6.22. The van der Waals surface area contributed by atoms with E-state index in [1.54, 1.807) is 42.5 Å². The molecule has 0 radical (unpaired) electrons. The minimum absolute atomic E-state index is 0.0150. The molecule has 188 valence electrons. The van der Waals surface area contributed by atoms with Crippen LogP contribution in [0, 0.1) is 11.8 Å². The van der Waals surface area contributed by atoms with E-state index < -0.39 is 10.0 Å². The van der Waals surface area contributed by atoms with Crippen molar-refractivity contribution in [2.75, 3.05) is 25.0 Å². The van der Waals surface area contributed by atoms with Gasteiger partial charge in [-0.3, -0.25) is 9.59 Å². The van der Waals surface area contributed by atoms with Crippen molar-refractivity contribution in [1.29, 1.82) is 0 Å². The zero-order valence-electron chi connectivity index (χ0n) is 20.4. The topological polar surface area (TPSA) is 91.1 Å². The van der Waals surface area contributed by atoms with Gasteiger partial charge in [0, 0.05) is 43.7 Å². The van der Waals surface area contributed by atoms with Crippen molar-refractivity contribution in [2.45, 2.75) is 62.9 Å². The lowest BCUT2D eigenvalue weighted by Crippen LogP contribution is -2.43. The van der Waals surface area contributed by atoms with Crippen molar-refractivity contribution >= 4 is 27.5 Å². The second-order valence-corrected chi connectivity index (χ2v) is 12.1. The van der Waals surface area contributed by atoms with E-state index in [9.17, 15) is 18.0 Å². The molecule has 1 aromatic heterocycles. The first kappa shape index (κ1) is 24.1. The van der Waals surface area contributed by atoms with Crippen LogP contribution in [0.1, 0.15) is 50.4 Å². The summed E-state index contributed by atoms with van der Waals surface area (Å²) in [5.41, 5.74) is 1.76. The van der Waals surface area contributed by atoms with E-state index in [-0.39, 0.29) is 34.6 Å². The Hall–Kier alpha value is -2.65. The van der Waals surface area contributed by atoms with Gasteiger partial charge in [-0.25, -0.2) is 8.42 Å². The van der Waals surface area contributed by atoms with Gasteiger partial charge in [0.25, 0.3) is 0 Å². The Labute approximate surface area is 206 Å². The van der Waals surface area contributed by atoms with Crippen LogP contribution in [0.4, 0.5) is 5.69 Å². The Kier molecular flexibility index (Phi) is 6.48. The van der Waals surface area contributed by atoms with Crippen molar-refractivity contribution in [3.05, 3.63) is 47.9 Å². The standard InChI is InChI=1S/C26H33N3O5S/c1-18-15-21-16-23(8-9-24(21)29(18)26(31)19-5-3-6-19)35(32,33)28-12-10-20(11-13-28)25(30)27(2)17-22-7-4-14-34-22/h4,7-9,14,16,18-20H,3,5-6,10-13,15,17H2,1-2H3. The van der Waals surface area contributed by atoms with Gasteiger partial charge in [0.2, 0.25) is 21.8 Å². The molecule has 1 aliphatic carbocycles. The van der Waals surface area contributed by atoms with Gasteiger partial charge in [-0.05, 0) is 74.9 Å². The molecule has 1 aromatic carbocycles. The number of carbonyl (C=O) groups excluding carboxylic acids is 2. The first-order valence-electron chi connectivity index (χ1n) is 12.5. The van der Waals surface area contributed by atoms with Crippen LogP contribution in [0.3, 0.4) is 0 Å². The molecule has 1 saturated heterocycles. The highest BCUT2D eigenvalue weighted by Crippen LogP contribution is 2.39. The van der Waals surface area contributed by atoms with Gasteiger partial charge < -0.3 is 14.2 Å². The van der Waals surface area contributed by atoms with Crippen LogP contribution in [-0.2, 0) is 32.6 Å². The Morgan fingerprint density at radius 2 is 1.83 bits per heavy atom. The molecule has 3 aliphatic rings. The zero-order valence-corrected chi connectivity index (χ0v) is 21.2.